The first-order valence-corrected chi connectivity index (χ1v) is 5.53. The first kappa shape index (κ1) is 13.3. The number of rotatable bonds is 4. The Morgan fingerprint density at radius 2 is 1.90 bits per heavy atom. The highest BCUT2D eigenvalue weighted by Gasteiger charge is 2.19. The minimum atomic E-state index is -0.776. The quantitative estimate of drug-likeness (QED) is 0.654. The summed E-state index contributed by atoms with van der Waals surface area (Å²) in [6.45, 7) is 0. The highest BCUT2D eigenvalue weighted by atomic mass is 16.6. The first-order chi connectivity index (χ1) is 9.49. The maximum atomic E-state index is 11.0. The molecule has 0 spiro atoms. The van der Waals surface area contributed by atoms with E-state index in [1.54, 1.807) is 12.1 Å². The zero-order valence-corrected chi connectivity index (χ0v) is 10.1. The lowest BCUT2D eigenvalue weighted by atomic mass is 10.2. The fourth-order valence-electron chi connectivity index (χ4n) is 1.56. The number of ether oxygens (including phenoxy) is 1. The number of hydrogen-bond acceptors (Lipinski definition) is 5. The molecule has 0 aliphatic rings. The van der Waals surface area contributed by atoms with Gasteiger partial charge in [0.25, 0.3) is 0 Å². The van der Waals surface area contributed by atoms with Crippen LogP contribution in [0.5, 0.6) is 17.2 Å². The molecule has 0 aliphatic carbocycles. The summed E-state index contributed by atoms with van der Waals surface area (Å²) < 4.78 is 5.29. The second-order valence-electron chi connectivity index (χ2n) is 3.87. The number of nitro groups is 1. The number of phenolic OH excluding ortho intramolecular Hbond substituents is 1. The Labute approximate surface area is 113 Å². The summed E-state index contributed by atoms with van der Waals surface area (Å²) >= 11 is 0. The molecule has 0 fully saturated rings. The molecule has 0 unspecified atom stereocenters. The Morgan fingerprint density at radius 3 is 2.50 bits per heavy atom. The lowest BCUT2D eigenvalue weighted by Gasteiger charge is -2.08. The third-order valence-corrected chi connectivity index (χ3v) is 2.53. The molecule has 0 atom stereocenters. The van der Waals surface area contributed by atoms with Crippen LogP contribution in [0.1, 0.15) is 10.4 Å². The Kier molecular flexibility index (Phi) is 3.52. The maximum absolute atomic E-state index is 11.0. The van der Waals surface area contributed by atoms with Crippen LogP contribution in [0.15, 0.2) is 42.5 Å². The zero-order chi connectivity index (χ0) is 14.7. The molecule has 2 rings (SSSR count). The molecule has 102 valence electrons. The number of nitro benzene ring substituents is 1. The van der Waals surface area contributed by atoms with Gasteiger partial charge in [0, 0.05) is 11.6 Å². The van der Waals surface area contributed by atoms with Crippen molar-refractivity contribution in [2.24, 2.45) is 5.73 Å². The van der Waals surface area contributed by atoms with Crippen LogP contribution >= 0.6 is 0 Å². The number of nitrogens with zero attached hydrogens (tertiary/aromatic N) is 1. The van der Waals surface area contributed by atoms with Crippen LogP contribution in [0.2, 0.25) is 0 Å². The summed E-state index contributed by atoms with van der Waals surface area (Å²) in [5, 5.41) is 20.6. The number of benzene rings is 2. The lowest BCUT2D eigenvalue weighted by molar-refractivity contribution is -0.385. The van der Waals surface area contributed by atoms with Crippen LogP contribution in [0, 0.1) is 10.1 Å². The Bertz CT molecular complexity index is 684. The molecular formula is C13H10N2O5. The SMILES string of the molecule is NC(=O)c1ccc(Oc2ccccc2O)c([N+](=O)[O-])c1. The number of carbonyl (C=O) groups excluding carboxylic acids is 1. The molecule has 0 aromatic heterocycles. The largest absolute Gasteiger partial charge is 0.504 e. The van der Waals surface area contributed by atoms with E-state index in [1.807, 2.05) is 0 Å². The van der Waals surface area contributed by atoms with Crippen molar-refractivity contribution in [3.05, 3.63) is 58.1 Å². The number of phenols is 1. The summed E-state index contributed by atoms with van der Waals surface area (Å²) in [5.74, 6) is -0.952. The topological polar surface area (TPSA) is 116 Å². The van der Waals surface area contributed by atoms with Gasteiger partial charge in [-0.2, -0.15) is 0 Å². The monoisotopic (exact) mass is 274 g/mol. The van der Waals surface area contributed by atoms with Gasteiger partial charge in [-0.3, -0.25) is 14.9 Å². The summed E-state index contributed by atoms with van der Waals surface area (Å²) in [6.07, 6.45) is 0. The third kappa shape index (κ3) is 2.66. The van der Waals surface area contributed by atoms with Crippen molar-refractivity contribution in [2.75, 3.05) is 0 Å². The molecule has 0 heterocycles. The van der Waals surface area contributed by atoms with E-state index in [9.17, 15) is 20.0 Å². The molecule has 7 nitrogen and oxygen atoms in total. The highest BCUT2D eigenvalue weighted by Crippen LogP contribution is 2.35. The van der Waals surface area contributed by atoms with E-state index in [0.29, 0.717) is 0 Å². The van der Waals surface area contributed by atoms with Crippen molar-refractivity contribution in [3.8, 4) is 17.2 Å². The second-order valence-corrected chi connectivity index (χ2v) is 3.87. The van der Waals surface area contributed by atoms with Gasteiger partial charge in [0.15, 0.2) is 11.5 Å². The highest BCUT2D eigenvalue weighted by molar-refractivity contribution is 5.93. The number of primary amides is 1. The van der Waals surface area contributed by atoms with Crippen molar-refractivity contribution in [1.29, 1.82) is 0 Å². The van der Waals surface area contributed by atoms with Crippen LogP contribution in [-0.2, 0) is 0 Å². The van der Waals surface area contributed by atoms with Crippen LogP contribution in [0.4, 0.5) is 5.69 Å². The van der Waals surface area contributed by atoms with Crippen molar-refractivity contribution >= 4 is 11.6 Å². The molecule has 2 aromatic carbocycles. The minimum Gasteiger partial charge on any atom is -0.504 e. The fraction of sp³-hybridized carbons (Fsp3) is 0. The molecular weight excluding hydrogens is 264 g/mol. The van der Waals surface area contributed by atoms with E-state index in [0.717, 1.165) is 6.07 Å². The Balaban J connectivity index is 2.44. The third-order valence-electron chi connectivity index (χ3n) is 2.53. The molecule has 20 heavy (non-hydrogen) atoms. The molecule has 1 amide bonds. The molecule has 7 heteroatoms. The van der Waals surface area contributed by atoms with E-state index >= 15 is 0 Å². The van der Waals surface area contributed by atoms with E-state index in [2.05, 4.69) is 0 Å². The van der Waals surface area contributed by atoms with Crippen LogP contribution < -0.4 is 10.5 Å². The van der Waals surface area contributed by atoms with Gasteiger partial charge in [-0.1, -0.05) is 12.1 Å². The smallest absolute Gasteiger partial charge is 0.312 e. The molecule has 0 aliphatic heterocycles. The number of aromatic hydroxyl groups is 1. The minimum absolute atomic E-state index is 0.00123. The van der Waals surface area contributed by atoms with Gasteiger partial charge in [0.2, 0.25) is 11.7 Å². The molecule has 0 bridgehead atoms. The van der Waals surface area contributed by atoms with E-state index < -0.39 is 16.5 Å². The molecule has 0 saturated carbocycles. The average molecular weight is 274 g/mol. The van der Waals surface area contributed by atoms with Gasteiger partial charge in [0.1, 0.15) is 0 Å². The van der Waals surface area contributed by atoms with Crippen molar-refractivity contribution in [3.63, 3.8) is 0 Å². The summed E-state index contributed by atoms with van der Waals surface area (Å²) in [4.78, 5) is 21.3. The van der Waals surface area contributed by atoms with Gasteiger partial charge < -0.3 is 15.6 Å². The summed E-state index contributed by atoms with van der Waals surface area (Å²) in [5.41, 5.74) is 4.66. The van der Waals surface area contributed by atoms with Crippen molar-refractivity contribution < 1.29 is 19.6 Å². The Morgan fingerprint density at radius 1 is 1.20 bits per heavy atom. The van der Waals surface area contributed by atoms with Crippen molar-refractivity contribution in [1.82, 2.24) is 0 Å². The summed E-state index contributed by atoms with van der Waals surface area (Å²) in [6, 6.07) is 9.64. The zero-order valence-electron chi connectivity index (χ0n) is 10.1. The normalized spacial score (nSPS) is 10.0. The van der Waals surface area contributed by atoms with E-state index in [1.165, 1.54) is 24.3 Å². The Hall–Kier alpha value is -3.09. The predicted octanol–water partition coefficient (Wildman–Crippen LogP) is 2.19. The molecule has 3 N–H and O–H groups in total. The second kappa shape index (κ2) is 5.27. The number of hydrogen-bond donors (Lipinski definition) is 2. The summed E-state index contributed by atoms with van der Waals surface area (Å²) in [7, 11) is 0. The van der Waals surface area contributed by atoms with E-state index in [-0.39, 0.29) is 22.8 Å². The standard InChI is InChI=1S/C13H10N2O5/c14-13(17)8-5-6-11(9(7-8)15(18)19)20-12-4-2-1-3-10(12)16/h1-7,16H,(H2,14,17). The molecule has 0 radical (unpaired) electrons. The molecule has 2 aromatic rings. The predicted molar refractivity (Wildman–Crippen MR) is 69.8 cm³/mol. The van der Waals surface area contributed by atoms with Gasteiger partial charge in [-0.05, 0) is 24.3 Å². The number of amides is 1. The van der Waals surface area contributed by atoms with Crippen LogP contribution in [0.3, 0.4) is 0 Å². The van der Waals surface area contributed by atoms with Crippen molar-refractivity contribution in [2.45, 2.75) is 0 Å². The number of nitrogens with two attached hydrogens (primary N) is 1. The average Bonchev–Trinajstić information content (AvgIpc) is 2.41. The van der Waals surface area contributed by atoms with Gasteiger partial charge in [-0.15, -0.1) is 0 Å². The van der Waals surface area contributed by atoms with Gasteiger partial charge >= 0.3 is 5.69 Å². The van der Waals surface area contributed by atoms with Crippen LogP contribution in [-0.4, -0.2) is 15.9 Å². The van der Waals surface area contributed by atoms with Gasteiger partial charge in [-0.25, -0.2) is 0 Å². The fourth-order valence-corrected chi connectivity index (χ4v) is 1.56. The van der Waals surface area contributed by atoms with Gasteiger partial charge in [0.05, 0.1) is 4.92 Å². The number of para-hydroxylation sites is 2. The maximum Gasteiger partial charge on any atom is 0.312 e. The number of carbonyl (C=O) groups is 1. The first-order valence-electron chi connectivity index (χ1n) is 5.53. The van der Waals surface area contributed by atoms with E-state index in [4.69, 9.17) is 10.5 Å². The van der Waals surface area contributed by atoms with Crippen LogP contribution in [0.25, 0.3) is 0 Å². The molecule has 0 saturated heterocycles. The lowest BCUT2D eigenvalue weighted by Crippen LogP contribution is -2.11.